The van der Waals surface area contributed by atoms with Crippen molar-refractivity contribution in [3.63, 3.8) is 0 Å². The van der Waals surface area contributed by atoms with Gasteiger partial charge < -0.3 is 11.1 Å². The van der Waals surface area contributed by atoms with Crippen LogP contribution in [0.4, 0.5) is 5.13 Å². The number of anilines is 1. The monoisotopic (exact) mass is 442 g/mol. The second kappa shape index (κ2) is 8.81. The van der Waals surface area contributed by atoms with Gasteiger partial charge in [-0.05, 0) is 43.2 Å². The van der Waals surface area contributed by atoms with Crippen molar-refractivity contribution >= 4 is 27.4 Å². The summed E-state index contributed by atoms with van der Waals surface area (Å²) in [5.74, 6) is 0.710. The Hall–Kier alpha value is -3.69. The maximum absolute atomic E-state index is 6.43. The van der Waals surface area contributed by atoms with Crippen molar-refractivity contribution < 1.29 is 0 Å². The standard InChI is InChI=1S/C23H22N8S/c1-14-19-12-16(7-8-20(19)29-28-14)22-30-31-23(32-22)27-13-17(24)11-15-5-2-3-6-18(15)21-25-9-4-10-26-21/h2-10,12,17H,11,13,24H2,1H3,(H,27,31)(H,28,29)/t17-/m0/s1. The van der Waals surface area contributed by atoms with Crippen molar-refractivity contribution in [1.82, 2.24) is 30.4 Å². The number of fused-ring (bicyclic) bond motifs is 1. The lowest BCUT2D eigenvalue weighted by atomic mass is 10.00. The second-order valence-corrected chi connectivity index (χ2v) is 8.55. The van der Waals surface area contributed by atoms with Gasteiger partial charge in [-0.15, -0.1) is 10.2 Å². The van der Waals surface area contributed by atoms with E-state index in [9.17, 15) is 0 Å². The Morgan fingerprint density at radius 3 is 2.78 bits per heavy atom. The molecule has 5 rings (SSSR count). The number of rotatable bonds is 7. The largest absolute Gasteiger partial charge is 0.359 e. The summed E-state index contributed by atoms with van der Waals surface area (Å²) in [5, 5.41) is 21.9. The number of aromatic nitrogens is 6. The molecule has 3 aromatic heterocycles. The number of aromatic amines is 1. The van der Waals surface area contributed by atoms with Gasteiger partial charge in [0.2, 0.25) is 5.13 Å². The second-order valence-electron chi connectivity index (χ2n) is 7.57. The lowest BCUT2D eigenvalue weighted by Gasteiger charge is -2.14. The molecule has 0 spiro atoms. The van der Waals surface area contributed by atoms with Gasteiger partial charge in [-0.3, -0.25) is 5.10 Å². The molecular weight excluding hydrogens is 420 g/mol. The van der Waals surface area contributed by atoms with Crippen molar-refractivity contribution in [3.8, 4) is 22.0 Å². The van der Waals surface area contributed by atoms with Crippen LogP contribution >= 0.6 is 11.3 Å². The molecule has 32 heavy (non-hydrogen) atoms. The first-order chi connectivity index (χ1) is 15.7. The third-order valence-corrected chi connectivity index (χ3v) is 6.17. The van der Waals surface area contributed by atoms with Gasteiger partial charge in [0.25, 0.3) is 0 Å². The van der Waals surface area contributed by atoms with Gasteiger partial charge in [-0.1, -0.05) is 35.6 Å². The van der Waals surface area contributed by atoms with Crippen molar-refractivity contribution in [2.75, 3.05) is 11.9 Å². The highest BCUT2D eigenvalue weighted by molar-refractivity contribution is 7.18. The minimum atomic E-state index is -0.0999. The van der Waals surface area contributed by atoms with Gasteiger partial charge >= 0.3 is 0 Å². The minimum Gasteiger partial charge on any atom is -0.359 e. The van der Waals surface area contributed by atoms with Crippen molar-refractivity contribution in [2.24, 2.45) is 5.73 Å². The number of nitrogens with one attached hydrogen (secondary N) is 2. The molecule has 1 atom stereocenters. The first-order valence-corrected chi connectivity index (χ1v) is 11.1. The van der Waals surface area contributed by atoms with Crippen LogP contribution in [0.15, 0.2) is 60.9 Å². The smallest absolute Gasteiger partial charge is 0.206 e. The highest BCUT2D eigenvalue weighted by Crippen LogP contribution is 2.29. The maximum Gasteiger partial charge on any atom is 0.206 e. The van der Waals surface area contributed by atoms with Gasteiger partial charge in [0.1, 0.15) is 5.01 Å². The third kappa shape index (κ3) is 4.20. The average Bonchev–Trinajstić information content (AvgIpc) is 3.45. The molecule has 160 valence electrons. The van der Waals surface area contributed by atoms with Crippen molar-refractivity contribution in [1.29, 1.82) is 0 Å². The van der Waals surface area contributed by atoms with E-state index in [1.54, 1.807) is 12.4 Å². The van der Waals surface area contributed by atoms with Crippen LogP contribution in [0.5, 0.6) is 0 Å². The summed E-state index contributed by atoms with van der Waals surface area (Å²) in [6.07, 6.45) is 4.20. The lowest BCUT2D eigenvalue weighted by molar-refractivity contribution is 0.699. The number of H-pyrrole nitrogens is 1. The van der Waals surface area contributed by atoms with Gasteiger partial charge in [0.15, 0.2) is 5.82 Å². The topological polar surface area (TPSA) is 118 Å². The Labute approximate surface area is 189 Å². The van der Waals surface area contributed by atoms with Gasteiger partial charge in [-0.25, -0.2) is 9.97 Å². The van der Waals surface area contributed by atoms with Crippen LogP contribution < -0.4 is 11.1 Å². The minimum absolute atomic E-state index is 0.0999. The van der Waals surface area contributed by atoms with Crippen LogP contribution in [-0.4, -0.2) is 42.9 Å². The van der Waals surface area contributed by atoms with Crippen molar-refractivity contribution in [3.05, 3.63) is 72.2 Å². The number of aryl methyl sites for hydroxylation is 1. The number of hydrogen-bond donors (Lipinski definition) is 3. The van der Waals surface area contributed by atoms with E-state index in [-0.39, 0.29) is 6.04 Å². The highest BCUT2D eigenvalue weighted by Gasteiger charge is 2.13. The molecule has 0 aliphatic rings. The normalized spacial score (nSPS) is 12.2. The summed E-state index contributed by atoms with van der Waals surface area (Å²) in [4.78, 5) is 8.75. The number of benzene rings is 2. The van der Waals surface area contributed by atoms with E-state index in [4.69, 9.17) is 5.73 Å². The first kappa shape index (κ1) is 20.2. The van der Waals surface area contributed by atoms with Crippen LogP contribution in [0.2, 0.25) is 0 Å². The molecule has 8 nitrogen and oxygen atoms in total. The van der Waals surface area contributed by atoms with E-state index in [0.717, 1.165) is 43.4 Å². The zero-order valence-electron chi connectivity index (χ0n) is 17.5. The first-order valence-electron chi connectivity index (χ1n) is 10.3. The van der Waals surface area contributed by atoms with Crippen molar-refractivity contribution in [2.45, 2.75) is 19.4 Å². The van der Waals surface area contributed by atoms with E-state index >= 15 is 0 Å². The zero-order valence-corrected chi connectivity index (χ0v) is 18.3. The summed E-state index contributed by atoms with van der Waals surface area (Å²) in [7, 11) is 0. The van der Waals surface area contributed by atoms with E-state index in [1.165, 1.54) is 11.3 Å². The molecule has 2 aromatic carbocycles. The summed E-state index contributed by atoms with van der Waals surface area (Å²) < 4.78 is 0. The fraction of sp³-hybridized carbons (Fsp3) is 0.174. The molecule has 0 bridgehead atoms. The molecule has 0 aliphatic carbocycles. The fourth-order valence-corrected chi connectivity index (χ4v) is 4.36. The molecule has 9 heteroatoms. The lowest BCUT2D eigenvalue weighted by Crippen LogP contribution is -2.31. The predicted molar refractivity (Wildman–Crippen MR) is 127 cm³/mol. The third-order valence-electron chi connectivity index (χ3n) is 5.24. The molecule has 4 N–H and O–H groups in total. The Kier molecular flexibility index (Phi) is 5.57. The molecule has 0 saturated heterocycles. The molecule has 0 aliphatic heterocycles. The molecular formula is C23H22N8S. The van der Waals surface area contributed by atoms with Gasteiger partial charge in [0, 0.05) is 47.2 Å². The van der Waals surface area contributed by atoms with E-state index < -0.39 is 0 Å². The van der Waals surface area contributed by atoms with Crippen LogP contribution in [0.3, 0.4) is 0 Å². The molecule has 0 saturated carbocycles. The Bertz CT molecular complexity index is 1340. The summed E-state index contributed by atoms with van der Waals surface area (Å²) in [6.45, 7) is 2.59. The SMILES string of the molecule is Cc1[nH]nc2ccc(-c3nnc(NC[C@@H](N)Cc4ccccc4-c4ncccn4)s3)cc12. The Balaban J connectivity index is 1.25. The number of hydrogen-bond acceptors (Lipinski definition) is 8. The molecule has 5 aromatic rings. The molecule has 0 radical (unpaired) electrons. The van der Waals surface area contributed by atoms with Crippen LogP contribution in [0.25, 0.3) is 32.9 Å². The van der Waals surface area contributed by atoms with E-state index in [0.29, 0.717) is 18.8 Å². The average molecular weight is 443 g/mol. The highest BCUT2D eigenvalue weighted by atomic mass is 32.1. The van der Waals surface area contributed by atoms with Crippen LogP contribution in [0, 0.1) is 6.92 Å². The molecule has 3 heterocycles. The Morgan fingerprint density at radius 1 is 1.06 bits per heavy atom. The van der Waals surface area contributed by atoms with Crippen LogP contribution in [0.1, 0.15) is 11.3 Å². The summed E-state index contributed by atoms with van der Waals surface area (Å²) in [6, 6.07) is 15.9. The number of nitrogens with zero attached hydrogens (tertiary/aromatic N) is 5. The number of nitrogens with two attached hydrogens (primary N) is 1. The molecule has 0 amide bonds. The molecule has 0 unspecified atom stereocenters. The van der Waals surface area contributed by atoms with Crippen LogP contribution in [-0.2, 0) is 6.42 Å². The maximum atomic E-state index is 6.43. The summed E-state index contributed by atoms with van der Waals surface area (Å²) in [5.41, 5.74) is 11.6. The van der Waals surface area contributed by atoms with E-state index in [2.05, 4.69) is 47.8 Å². The summed E-state index contributed by atoms with van der Waals surface area (Å²) >= 11 is 1.51. The van der Waals surface area contributed by atoms with Gasteiger partial charge in [-0.2, -0.15) is 5.10 Å². The molecule has 0 fully saturated rings. The fourth-order valence-electron chi connectivity index (χ4n) is 3.61. The quantitative estimate of drug-likeness (QED) is 0.350. The predicted octanol–water partition coefficient (Wildman–Crippen LogP) is 3.83. The zero-order chi connectivity index (χ0) is 21.9. The Morgan fingerprint density at radius 2 is 1.91 bits per heavy atom. The van der Waals surface area contributed by atoms with E-state index in [1.807, 2.05) is 43.3 Å². The van der Waals surface area contributed by atoms with Gasteiger partial charge in [0.05, 0.1) is 5.52 Å².